The third-order valence-corrected chi connectivity index (χ3v) is 3.99. The van der Waals surface area contributed by atoms with Crippen molar-refractivity contribution in [1.82, 2.24) is 10.3 Å². The molecule has 0 amide bonds. The molecule has 1 aliphatic carbocycles. The average molecular weight is 249 g/mol. The van der Waals surface area contributed by atoms with E-state index in [2.05, 4.69) is 17.2 Å². The summed E-state index contributed by atoms with van der Waals surface area (Å²) in [5.41, 5.74) is 7.82. The highest BCUT2D eigenvalue weighted by molar-refractivity contribution is 5.47. The molecule has 1 heterocycles. The van der Waals surface area contributed by atoms with Gasteiger partial charge >= 0.3 is 0 Å². The van der Waals surface area contributed by atoms with E-state index in [1.807, 2.05) is 19.4 Å². The van der Waals surface area contributed by atoms with Crippen molar-refractivity contribution in [2.24, 2.45) is 0 Å². The zero-order chi connectivity index (χ0) is 13.0. The molecular weight excluding hydrogens is 226 g/mol. The Morgan fingerprint density at radius 3 is 2.78 bits per heavy atom. The molecule has 4 heteroatoms. The Morgan fingerprint density at radius 2 is 2.22 bits per heavy atom. The first-order valence-corrected chi connectivity index (χ1v) is 6.71. The summed E-state index contributed by atoms with van der Waals surface area (Å²) in [6.45, 7) is 3.00. The third kappa shape index (κ3) is 2.35. The van der Waals surface area contributed by atoms with Crippen molar-refractivity contribution in [1.29, 1.82) is 0 Å². The Kier molecular flexibility index (Phi) is 4.19. The number of nitrogen functional groups attached to an aromatic ring is 1. The molecule has 1 atom stereocenters. The van der Waals surface area contributed by atoms with Gasteiger partial charge in [-0.2, -0.15) is 0 Å². The number of methoxy groups -OCH3 is 1. The summed E-state index contributed by atoms with van der Waals surface area (Å²) >= 11 is 0. The lowest BCUT2D eigenvalue weighted by Crippen LogP contribution is -2.44. The average Bonchev–Trinajstić information content (AvgIpc) is 2.87. The molecule has 1 aliphatic rings. The highest BCUT2D eigenvalue weighted by atomic mass is 16.5. The maximum Gasteiger partial charge on any atom is 0.0873 e. The topological polar surface area (TPSA) is 60.2 Å². The molecule has 0 aromatic carbocycles. The quantitative estimate of drug-likeness (QED) is 0.840. The van der Waals surface area contributed by atoms with Gasteiger partial charge in [0.15, 0.2) is 0 Å². The number of nitrogens with two attached hydrogens (primary N) is 1. The van der Waals surface area contributed by atoms with Crippen LogP contribution in [-0.2, 0) is 4.74 Å². The molecule has 0 saturated heterocycles. The van der Waals surface area contributed by atoms with Gasteiger partial charge in [0.1, 0.15) is 0 Å². The molecule has 1 saturated carbocycles. The SMILES string of the molecule is CCNC(c1cnccc1N)C1(OC)CCCC1. The van der Waals surface area contributed by atoms with Gasteiger partial charge in [0.05, 0.1) is 11.6 Å². The second-order valence-corrected chi connectivity index (χ2v) is 4.97. The van der Waals surface area contributed by atoms with Crippen LogP contribution in [0.3, 0.4) is 0 Å². The smallest absolute Gasteiger partial charge is 0.0873 e. The Labute approximate surface area is 109 Å². The van der Waals surface area contributed by atoms with Crippen LogP contribution in [-0.4, -0.2) is 24.2 Å². The molecule has 2 rings (SSSR count). The van der Waals surface area contributed by atoms with E-state index in [0.717, 1.165) is 30.6 Å². The number of hydrogen-bond acceptors (Lipinski definition) is 4. The number of likely N-dealkylation sites (N-methyl/N-ethyl adjacent to an activating group) is 1. The minimum Gasteiger partial charge on any atom is -0.398 e. The number of pyridine rings is 1. The van der Waals surface area contributed by atoms with E-state index in [1.54, 1.807) is 6.20 Å². The van der Waals surface area contributed by atoms with E-state index in [1.165, 1.54) is 12.8 Å². The van der Waals surface area contributed by atoms with Crippen molar-refractivity contribution in [2.45, 2.75) is 44.2 Å². The molecule has 1 fully saturated rings. The summed E-state index contributed by atoms with van der Waals surface area (Å²) in [6, 6.07) is 1.99. The molecule has 0 radical (unpaired) electrons. The maximum absolute atomic E-state index is 6.10. The molecule has 100 valence electrons. The lowest BCUT2D eigenvalue weighted by Gasteiger charge is -2.37. The Hall–Kier alpha value is -1.13. The van der Waals surface area contributed by atoms with E-state index in [9.17, 15) is 0 Å². The van der Waals surface area contributed by atoms with E-state index in [0.29, 0.717) is 0 Å². The Bertz CT molecular complexity index is 388. The van der Waals surface area contributed by atoms with Crippen LogP contribution in [0.15, 0.2) is 18.5 Å². The van der Waals surface area contributed by atoms with Gasteiger partial charge in [0.25, 0.3) is 0 Å². The highest BCUT2D eigenvalue weighted by Crippen LogP contribution is 2.43. The molecular formula is C14H23N3O. The predicted octanol–water partition coefficient (Wildman–Crippen LogP) is 2.27. The standard InChI is InChI=1S/C14H23N3O/c1-3-17-13(11-10-16-9-6-12(11)15)14(18-2)7-4-5-8-14/h6,9-10,13,17H,3-5,7-8H2,1-2H3,(H2,15,16). The molecule has 1 aromatic heterocycles. The van der Waals surface area contributed by atoms with E-state index >= 15 is 0 Å². The number of hydrogen-bond donors (Lipinski definition) is 2. The number of aromatic nitrogens is 1. The summed E-state index contributed by atoms with van der Waals surface area (Å²) in [4.78, 5) is 4.21. The van der Waals surface area contributed by atoms with Crippen LogP contribution in [0.1, 0.15) is 44.2 Å². The molecule has 1 aromatic rings. The third-order valence-electron chi connectivity index (χ3n) is 3.99. The monoisotopic (exact) mass is 249 g/mol. The lowest BCUT2D eigenvalue weighted by atomic mass is 9.86. The van der Waals surface area contributed by atoms with Gasteiger partial charge in [-0.25, -0.2) is 0 Å². The van der Waals surface area contributed by atoms with Crippen molar-refractivity contribution >= 4 is 5.69 Å². The highest BCUT2D eigenvalue weighted by Gasteiger charge is 2.42. The van der Waals surface area contributed by atoms with Crippen LogP contribution >= 0.6 is 0 Å². The molecule has 1 unspecified atom stereocenters. The van der Waals surface area contributed by atoms with Crippen molar-refractivity contribution in [3.63, 3.8) is 0 Å². The van der Waals surface area contributed by atoms with Gasteiger partial charge in [0.2, 0.25) is 0 Å². The first kappa shape index (κ1) is 13.3. The van der Waals surface area contributed by atoms with Gasteiger partial charge in [0, 0.05) is 30.8 Å². The number of nitrogens with zero attached hydrogens (tertiary/aromatic N) is 1. The Balaban J connectivity index is 2.36. The predicted molar refractivity (Wildman–Crippen MR) is 73.3 cm³/mol. The Morgan fingerprint density at radius 1 is 1.50 bits per heavy atom. The number of rotatable bonds is 5. The van der Waals surface area contributed by atoms with Crippen molar-refractivity contribution in [3.05, 3.63) is 24.0 Å². The number of ether oxygens (including phenoxy) is 1. The van der Waals surface area contributed by atoms with Crippen LogP contribution in [0.2, 0.25) is 0 Å². The van der Waals surface area contributed by atoms with Crippen molar-refractivity contribution in [2.75, 3.05) is 19.4 Å². The van der Waals surface area contributed by atoms with Gasteiger partial charge in [-0.3, -0.25) is 4.98 Å². The van der Waals surface area contributed by atoms with Crippen LogP contribution < -0.4 is 11.1 Å². The largest absolute Gasteiger partial charge is 0.398 e. The van der Waals surface area contributed by atoms with Gasteiger partial charge in [-0.1, -0.05) is 19.8 Å². The summed E-state index contributed by atoms with van der Waals surface area (Å²) in [5, 5.41) is 3.53. The van der Waals surface area contributed by atoms with Crippen molar-refractivity contribution < 1.29 is 4.74 Å². The van der Waals surface area contributed by atoms with Crippen LogP contribution in [0, 0.1) is 0 Å². The summed E-state index contributed by atoms with van der Waals surface area (Å²) in [6.07, 6.45) is 8.19. The minimum atomic E-state index is -0.132. The van der Waals surface area contributed by atoms with Crippen LogP contribution in [0.25, 0.3) is 0 Å². The fourth-order valence-electron chi connectivity index (χ4n) is 3.03. The van der Waals surface area contributed by atoms with Gasteiger partial charge in [-0.15, -0.1) is 0 Å². The first-order chi connectivity index (χ1) is 8.73. The fourth-order valence-corrected chi connectivity index (χ4v) is 3.03. The van der Waals surface area contributed by atoms with Crippen LogP contribution in [0.4, 0.5) is 5.69 Å². The second kappa shape index (κ2) is 5.67. The van der Waals surface area contributed by atoms with E-state index in [4.69, 9.17) is 10.5 Å². The lowest BCUT2D eigenvalue weighted by molar-refractivity contribution is -0.0363. The fraction of sp³-hybridized carbons (Fsp3) is 0.643. The minimum absolute atomic E-state index is 0.128. The van der Waals surface area contributed by atoms with Gasteiger partial charge < -0.3 is 15.8 Å². The normalized spacial score (nSPS) is 19.9. The zero-order valence-corrected chi connectivity index (χ0v) is 11.3. The molecule has 18 heavy (non-hydrogen) atoms. The molecule has 4 nitrogen and oxygen atoms in total. The summed E-state index contributed by atoms with van der Waals surface area (Å²) < 4.78 is 5.88. The molecule has 0 spiro atoms. The summed E-state index contributed by atoms with van der Waals surface area (Å²) in [5.74, 6) is 0. The van der Waals surface area contributed by atoms with Gasteiger partial charge in [-0.05, 0) is 25.5 Å². The molecule has 0 bridgehead atoms. The van der Waals surface area contributed by atoms with Crippen LogP contribution in [0.5, 0.6) is 0 Å². The zero-order valence-electron chi connectivity index (χ0n) is 11.3. The second-order valence-electron chi connectivity index (χ2n) is 4.97. The number of nitrogens with one attached hydrogen (secondary N) is 1. The van der Waals surface area contributed by atoms with E-state index in [-0.39, 0.29) is 11.6 Å². The van der Waals surface area contributed by atoms with E-state index < -0.39 is 0 Å². The number of anilines is 1. The van der Waals surface area contributed by atoms with Crippen molar-refractivity contribution in [3.8, 4) is 0 Å². The summed E-state index contributed by atoms with van der Waals surface area (Å²) in [7, 11) is 1.81. The molecule has 3 N–H and O–H groups in total. The maximum atomic E-state index is 6.10. The molecule has 0 aliphatic heterocycles. The first-order valence-electron chi connectivity index (χ1n) is 6.71.